The van der Waals surface area contributed by atoms with Crippen molar-refractivity contribution in [1.29, 1.82) is 0 Å². The number of nitrogens with zero attached hydrogens (tertiary/aromatic N) is 3. The first kappa shape index (κ1) is 18.8. The molecule has 1 aliphatic heterocycles. The number of nitrogens with one attached hydrogen (secondary N) is 1. The van der Waals surface area contributed by atoms with Gasteiger partial charge in [-0.2, -0.15) is 5.10 Å². The van der Waals surface area contributed by atoms with Crippen LogP contribution in [0.5, 0.6) is 0 Å². The summed E-state index contributed by atoms with van der Waals surface area (Å²) in [7, 11) is 1.84. The number of hydrogen-bond acceptors (Lipinski definition) is 3. The lowest BCUT2D eigenvalue weighted by molar-refractivity contribution is 0.100. The van der Waals surface area contributed by atoms with E-state index in [2.05, 4.69) is 24.3 Å². The largest absolute Gasteiger partial charge is 0.378 e. The zero-order chi connectivity index (χ0) is 17.5. The Morgan fingerprint density at radius 2 is 2.33 bits per heavy atom. The molecule has 2 amide bonds. The lowest BCUT2D eigenvalue weighted by atomic mass is 10.1. The van der Waals surface area contributed by atoms with E-state index in [-0.39, 0.29) is 6.03 Å². The van der Waals surface area contributed by atoms with Crippen LogP contribution in [0.25, 0.3) is 0 Å². The first-order valence-corrected chi connectivity index (χ1v) is 9.14. The summed E-state index contributed by atoms with van der Waals surface area (Å²) in [5, 5.41) is 7.47. The quantitative estimate of drug-likeness (QED) is 0.788. The Morgan fingerprint density at radius 3 is 3.00 bits per heavy atom. The van der Waals surface area contributed by atoms with Gasteiger partial charge in [0.2, 0.25) is 0 Å². The molecule has 0 aliphatic carbocycles. The first-order chi connectivity index (χ1) is 11.5. The summed E-state index contributed by atoms with van der Waals surface area (Å²) in [6.45, 7) is 8.79. The summed E-state index contributed by atoms with van der Waals surface area (Å²) in [6, 6.07) is 1.85. The summed E-state index contributed by atoms with van der Waals surface area (Å²) in [5.41, 5.74) is 0.926. The van der Waals surface area contributed by atoms with E-state index >= 15 is 0 Å². The normalized spacial score (nSPS) is 17.5. The van der Waals surface area contributed by atoms with Crippen LogP contribution in [0.1, 0.15) is 51.6 Å². The van der Waals surface area contributed by atoms with Gasteiger partial charge in [0.05, 0.1) is 11.8 Å². The molecule has 136 valence electrons. The summed E-state index contributed by atoms with van der Waals surface area (Å²) >= 11 is 0. The van der Waals surface area contributed by atoms with E-state index in [1.165, 1.54) is 6.42 Å². The van der Waals surface area contributed by atoms with Gasteiger partial charge in [-0.15, -0.1) is 0 Å². The van der Waals surface area contributed by atoms with E-state index in [4.69, 9.17) is 4.74 Å². The molecule has 6 heteroatoms. The SMILES string of the molecule is Cc1cc(NC(=O)N(C)CCCC2CCCO2)n(CCC(C)C)n1. The Morgan fingerprint density at radius 1 is 1.54 bits per heavy atom. The molecular weight excluding hydrogens is 304 g/mol. The maximum atomic E-state index is 12.4. The average Bonchev–Trinajstić information content (AvgIpc) is 3.14. The average molecular weight is 336 g/mol. The van der Waals surface area contributed by atoms with E-state index in [1.54, 1.807) is 4.90 Å². The topological polar surface area (TPSA) is 59.4 Å². The molecule has 1 atom stereocenters. The van der Waals surface area contributed by atoms with Gasteiger partial charge < -0.3 is 9.64 Å². The molecule has 24 heavy (non-hydrogen) atoms. The number of ether oxygens (including phenoxy) is 1. The number of carbonyl (C=O) groups excluding carboxylic acids is 1. The predicted molar refractivity (Wildman–Crippen MR) is 96.3 cm³/mol. The fourth-order valence-electron chi connectivity index (χ4n) is 2.93. The molecule has 2 rings (SSSR count). The Bertz CT molecular complexity index is 521. The van der Waals surface area contributed by atoms with Crippen molar-refractivity contribution >= 4 is 11.8 Å². The zero-order valence-corrected chi connectivity index (χ0v) is 15.5. The Kier molecular flexibility index (Phi) is 7.09. The van der Waals surface area contributed by atoms with Gasteiger partial charge in [-0.1, -0.05) is 13.8 Å². The minimum absolute atomic E-state index is 0.0759. The lowest BCUT2D eigenvalue weighted by Gasteiger charge is -2.19. The summed E-state index contributed by atoms with van der Waals surface area (Å²) in [5.74, 6) is 1.39. The maximum Gasteiger partial charge on any atom is 0.322 e. The van der Waals surface area contributed by atoms with Crippen LogP contribution < -0.4 is 5.32 Å². The van der Waals surface area contributed by atoms with Crippen molar-refractivity contribution in [3.8, 4) is 0 Å². The number of urea groups is 1. The molecule has 1 saturated heterocycles. The third-order valence-electron chi connectivity index (χ3n) is 4.45. The van der Waals surface area contributed by atoms with Crippen molar-refractivity contribution in [3.05, 3.63) is 11.8 Å². The van der Waals surface area contributed by atoms with Crippen LogP contribution in [0.15, 0.2) is 6.07 Å². The third kappa shape index (κ3) is 5.82. The van der Waals surface area contributed by atoms with Gasteiger partial charge in [0.1, 0.15) is 5.82 Å². The fraction of sp³-hybridized carbons (Fsp3) is 0.778. The van der Waals surface area contributed by atoms with Gasteiger partial charge in [-0.25, -0.2) is 9.48 Å². The Hall–Kier alpha value is -1.56. The highest BCUT2D eigenvalue weighted by Crippen LogP contribution is 2.17. The van der Waals surface area contributed by atoms with E-state index < -0.39 is 0 Å². The highest BCUT2D eigenvalue weighted by molar-refractivity contribution is 5.88. The predicted octanol–water partition coefficient (Wildman–Crippen LogP) is 3.66. The van der Waals surface area contributed by atoms with E-state index in [9.17, 15) is 4.79 Å². The second-order valence-electron chi connectivity index (χ2n) is 7.21. The summed E-state index contributed by atoms with van der Waals surface area (Å²) < 4.78 is 7.52. The van der Waals surface area contributed by atoms with Gasteiger partial charge in [0.15, 0.2) is 0 Å². The van der Waals surface area contributed by atoms with E-state index in [0.29, 0.717) is 12.0 Å². The van der Waals surface area contributed by atoms with Crippen molar-refractivity contribution in [2.24, 2.45) is 5.92 Å². The second-order valence-corrected chi connectivity index (χ2v) is 7.21. The summed E-state index contributed by atoms with van der Waals surface area (Å²) in [4.78, 5) is 14.1. The van der Waals surface area contributed by atoms with Crippen molar-refractivity contribution in [2.75, 3.05) is 25.5 Å². The molecule has 1 aliphatic rings. The Labute approximate surface area is 145 Å². The van der Waals surface area contributed by atoms with Crippen LogP contribution in [-0.2, 0) is 11.3 Å². The van der Waals surface area contributed by atoms with Crippen LogP contribution in [-0.4, -0.2) is 47.0 Å². The molecule has 1 aromatic heterocycles. The maximum absolute atomic E-state index is 12.4. The molecular formula is C18H32N4O2. The van der Waals surface area contributed by atoms with Crippen molar-refractivity contribution < 1.29 is 9.53 Å². The number of anilines is 1. The minimum atomic E-state index is -0.0759. The molecule has 0 bridgehead atoms. The van der Waals surface area contributed by atoms with Crippen molar-refractivity contribution in [2.45, 2.75) is 65.5 Å². The highest BCUT2D eigenvalue weighted by atomic mass is 16.5. The van der Waals surface area contributed by atoms with Gasteiger partial charge in [-0.05, 0) is 44.9 Å². The summed E-state index contributed by atoms with van der Waals surface area (Å²) in [6.07, 6.45) is 5.76. The molecule has 1 fully saturated rings. The molecule has 0 radical (unpaired) electrons. The minimum Gasteiger partial charge on any atom is -0.378 e. The number of rotatable bonds is 8. The molecule has 1 N–H and O–H groups in total. The number of aryl methyl sites for hydroxylation is 2. The molecule has 0 aromatic carbocycles. The highest BCUT2D eigenvalue weighted by Gasteiger charge is 2.17. The molecule has 0 spiro atoms. The molecule has 6 nitrogen and oxygen atoms in total. The number of hydrogen-bond donors (Lipinski definition) is 1. The molecule has 0 saturated carbocycles. The standard InChI is InChI=1S/C18H32N4O2/c1-14(2)9-11-22-17(13-15(3)20-22)19-18(23)21(4)10-5-7-16-8-6-12-24-16/h13-14,16H,5-12H2,1-4H3,(H,19,23). The number of carbonyl (C=O) groups is 1. The van der Waals surface area contributed by atoms with Gasteiger partial charge in [0.25, 0.3) is 0 Å². The third-order valence-corrected chi connectivity index (χ3v) is 4.45. The van der Waals surface area contributed by atoms with Crippen LogP contribution in [0.3, 0.4) is 0 Å². The zero-order valence-electron chi connectivity index (χ0n) is 15.5. The van der Waals surface area contributed by atoms with Gasteiger partial charge in [0, 0.05) is 32.8 Å². The van der Waals surface area contributed by atoms with E-state index in [0.717, 1.165) is 56.9 Å². The van der Waals surface area contributed by atoms with Crippen LogP contribution in [0.2, 0.25) is 0 Å². The molecule has 1 unspecified atom stereocenters. The van der Waals surface area contributed by atoms with Crippen LogP contribution in [0.4, 0.5) is 10.6 Å². The van der Waals surface area contributed by atoms with Crippen LogP contribution >= 0.6 is 0 Å². The molecule has 2 heterocycles. The smallest absolute Gasteiger partial charge is 0.322 e. The Balaban J connectivity index is 1.79. The monoisotopic (exact) mass is 336 g/mol. The fourth-order valence-corrected chi connectivity index (χ4v) is 2.93. The number of amides is 2. The van der Waals surface area contributed by atoms with E-state index in [1.807, 2.05) is 24.7 Å². The molecule has 1 aromatic rings. The number of aromatic nitrogens is 2. The second kappa shape index (κ2) is 9.06. The first-order valence-electron chi connectivity index (χ1n) is 9.14. The van der Waals surface area contributed by atoms with Crippen LogP contribution in [0, 0.1) is 12.8 Å². The van der Waals surface area contributed by atoms with Gasteiger partial charge >= 0.3 is 6.03 Å². The lowest BCUT2D eigenvalue weighted by Crippen LogP contribution is -2.33. The van der Waals surface area contributed by atoms with Crippen molar-refractivity contribution in [3.63, 3.8) is 0 Å². The van der Waals surface area contributed by atoms with Gasteiger partial charge in [-0.3, -0.25) is 5.32 Å². The van der Waals surface area contributed by atoms with Crippen molar-refractivity contribution in [1.82, 2.24) is 14.7 Å².